The van der Waals surface area contributed by atoms with Crippen LogP contribution in [0.4, 0.5) is 0 Å². The van der Waals surface area contributed by atoms with Crippen molar-refractivity contribution in [3.05, 3.63) is 83.1 Å². The van der Waals surface area contributed by atoms with Gasteiger partial charge in [-0.15, -0.1) is 0 Å². The zero-order valence-electron chi connectivity index (χ0n) is 13.3. The summed E-state index contributed by atoms with van der Waals surface area (Å²) in [5.41, 5.74) is 10.8. The summed E-state index contributed by atoms with van der Waals surface area (Å²) in [5.74, 6) is 0.594. The van der Waals surface area contributed by atoms with E-state index in [1.807, 2.05) is 19.3 Å². The molecule has 3 rings (SSSR count). The molecule has 2 aromatic carbocycles. The lowest BCUT2D eigenvalue weighted by atomic mass is 9.96. The van der Waals surface area contributed by atoms with Crippen molar-refractivity contribution < 1.29 is 0 Å². The maximum Gasteiger partial charge on any atom is 0.126 e. The summed E-state index contributed by atoms with van der Waals surface area (Å²) >= 11 is 0. The standard InChI is InChI=1S/C19H22N4/c1-21-18(17-12-22-13-23-19(17)20)16-9-7-15(8-10-16)11-14-5-3-2-4-6-14/h2-10,12,18,21-22H,11,13H2,1H3,(H2,20,23). The van der Waals surface area contributed by atoms with E-state index in [9.17, 15) is 0 Å². The second kappa shape index (κ2) is 7.11. The van der Waals surface area contributed by atoms with Crippen LogP contribution in [0.1, 0.15) is 22.7 Å². The van der Waals surface area contributed by atoms with E-state index in [-0.39, 0.29) is 6.04 Å². The van der Waals surface area contributed by atoms with Gasteiger partial charge >= 0.3 is 0 Å². The lowest BCUT2D eigenvalue weighted by Gasteiger charge is -2.23. The number of nitrogens with one attached hydrogen (secondary N) is 2. The fourth-order valence-corrected chi connectivity index (χ4v) is 2.84. The van der Waals surface area contributed by atoms with Crippen LogP contribution in [-0.4, -0.2) is 19.6 Å². The summed E-state index contributed by atoms with van der Waals surface area (Å²) in [6.07, 6.45) is 2.89. The average molecular weight is 306 g/mol. The summed E-state index contributed by atoms with van der Waals surface area (Å²) in [4.78, 5) is 4.25. The van der Waals surface area contributed by atoms with Gasteiger partial charge in [0.1, 0.15) is 12.5 Å². The van der Waals surface area contributed by atoms with Crippen LogP contribution in [0.15, 0.2) is 71.4 Å². The van der Waals surface area contributed by atoms with Crippen LogP contribution in [-0.2, 0) is 6.42 Å². The number of amidine groups is 1. The van der Waals surface area contributed by atoms with E-state index in [1.165, 1.54) is 16.7 Å². The summed E-state index contributed by atoms with van der Waals surface area (Å²) in [7, 11) is 1.94. The normalized spacial score (nSPS) is 15.3. The molecule has 1 aliphatic rings. The Morgan fingerprint density at radius 2 is 1.78 bits per heavy atom. The van der Waals surface area contributed by atoms with Crippen LogP contribution in [0.25, 0.3) is 0 Å². The topological polar surface area (TPSA) is 62.4 Å². The molecule has 1 unspecified atom stereocenters. The Balaban J connectivity index is 1.78. The number of aliphatic imine (C=N–C) groups is 1. The van der Waals surface area contributed by atoms with Gasteiger partial charge in [-0.3, -0.25) is 0 Å². The van der Waals surface area contributed by atoms with E-state index >= 15 is 0 Å². The molecule has 0 spiro atoms. The number of hydrogen-bond acceptors (Lipinski definition) is 4. The third-order valence-electron chi connectivity index (χ3n) is 4.06. The molecule has 0 saturated heterocycles. The molecule has 0 saturated carbocycles. The average Bonchev–Trinajstić information content (AvgIpc) is 2.59. The van der Waals surface area contributed by atoms with Gasteiger partial charge in [0, 0.05) is 11.8 Å². The number of hydrogen-bond donors (Lipinski definition) is 3. The molecule has 0 bridgehead atoms. The molecular formula is C19H22N4. The van der Waals surface area contributed by atoms with Crippen LogP contribution in [0, 0.1) is 0 Å². The highest BCUT2D eigenvalue weighted by molar-refractivity contribution is 5.98. The third-order valence-corrected chi connectivity index (χ3v) is 4.06. The van der Waals surface area contributed by atoms with Gasteiger partial charge in [-0.1, -0.05) is 54.6 Å². The lowest BCUT2D eigenvalue weighted by molar-refractivity contribution is 0.680. The molecule has 0 aliphatic carbocycles. The first-order valence-corrected chi connectivity index (χ1v) is 7.81. The molecule has 0 amide bonds. The Morgan fingerprint density at radius 1 is 1.09 bits per heavy atom. The fraction of sp³-hybridized carbons (Fsp3) is 0.211. The van der Waals surface area contributed by atoms with E-state index in [4.69, 9.17) is 5.73 Å². The predicted molar refractivity (Wildman–Crippen MR) is 95.2 cm³/mol. The quantitative estimate of drug-likeness (QED) is 0.794. The van der Waals surface area contributed by atoms with Gasteiger partial charge in [0.05, 0.1) is 6.04 Å². The Kier molecular flexibility index (Phi) is 4.74. The highest BCUT2D eigenvalue weighted by atomic mass is 15.1. The van der Waals surface area contributed by atoms with Crippen LogP contribution in [0.2, 0.25) is 0 Å². The van der Waals surface area contributed by atoms with Crippen molar-refractivity contribution in [1.29, 1.82) is 0 Å². The molecule has 1 atom stereocenters. The number of benzene rings is 2. The maximum atomic E-state index is 6.03. The molecule has 1 aliphatic heterocycles. The van der Waals surface area contributed by atoms with E-state index in [0.29, 0.717) is 12.5 Å². The molecule has 2 aromatic rings. The smallest absolute Gasteiger partial charge is 0.126 e. The monoisotopic (exact) mass is 306 g/mol. The minimum atomic E-state index is 0.0392. The van der Waals surface area contributed by atoms with Crippen LogP contribution < -0.4 is 16.4 Å². The third kappa shape index (κ3) is 3.60. The number of rotatable bonds is 5. The summed E-state index contributed by atoms with van der Waals surface area (Å²) < 4.78 is 0. The van der Waals surface area contributed by atoms with Gasteiger partial charge < -0.3 is 16.4 Å². The van der Waals surface area contributed by atoms with Gasteiger partial charge in [0.2, 0.25) is 0 Å². The van der Waals surface area contributed by atoms with Crippen LogP contribution in [0.5, 0.6) is 0 Å². The van der Waals surface area contributed by atoms with E-state index in [1.54, 1.807) is 0 Å². The van der Waals surface area contributed by atoms with Crippen molar-refractivity contribution in [2.24, 2.45) is 10.7 Å². The predicted octanol–water partition coefficient (Wildman–Crippen LogP) is 2.34. The van der Waals surface area contributed by atoms with E-state index < -0.39 is 0 Å². The highest BCUT2D eigenvalue weighted by Gasteiger charge is 2.19. The molecule has 23 heavy (non-hydrogen) atoms. The van der Waals surface area contributed by atoms with Gasteiger partial charge in [-0.2, -0.15) is 0 Å². The van der Waals surface area contributed by atoms with Gasteiger partial charge in [0.25, 0.3) is 0 Å². The van der Waals surface area contributed by atoms with Crippen LogP contribution >= 0.6 is 0 Å². The van der Waals surface area contributed by atoms with Crippen molar-refractivity contribution >= 4 is 5.84 Å². The Bertz CT molecular complexity index is 702. The van der Waals surface area contributed by atoms with Crippen molar-refractivity contribution in [3.63, 3.8) is 0 Å². The number of nitrogens with two attached hydrogens (primary N) is 1. The SMILES string of the molecule is CNC(C1=CNCN=C1N)c1ccc(Cc2ccccc2)cc1. The number of nitrogens with zero attached hydrogens (tertiary/aromatic N) is 1. The van der Waals surface area contributed by atoms with E-state index in [2.05, 4.69) is 64.2 Å². The molecular weight excluding hydrogens is 284 g/mol. The zero-order chi connectivity index (χ0) is 16.1. The van der Waals surface area contributed by atoms with E-state index in [0.717, 1.165) is 12.0 Å². The van der Waals surface area contributed by atoms with Crippen LogP contribution in [0.3, 0.4) is 0 Å². The molecule has 0 fully saturated rings. The second-order valence-electron chi connectivity index (χ2n) is 5.63. The lowest BCUT2D eigenvalue weighted by Crippen LogP contribution is -2.32. The molecule has 0 aromatic heterocycles. The van der Waals surface area contributed by atoms with Crippen molar-refractivity contribution in [2.45, 2.75) is 12.5 Å². The Labute approximate surface area is 137 Å². The summed E-state index contributed by atoms with van der Waals surface area (Å²) in [5, 5.41) is 6.44. The minimum Gasteiger partial charge on any atom is -0.384 e. The summed E-state index contributed by atoms with van der Waals surface area (Å²) in [6.45, 7) is 0.543. The first-order chi connectivity index (χ1) is 11.3. The summed E-state index contributed by atoms with van der Waals surface area (Å²) in [6, 6.07) is 19.2. The van der Waals surface area contributed by atoms with Crippen molar-refractivity contribution in [3.8, 4) is 0 Å². The fourth-order valence-electron chi connectivity index (χ4n) is 2.84. The van der Waals surface area contributed by atoms with Crippen molar-refractivity contribution in [1.82, 2.24) is 10.6 Å². The van der Waals surface area contributed by atoms with Gasteiger partial charge in [-0.05, 0) is 30.2 Å². The highest BCUT2D eigenvalue weighted by Crippen LogP contribution is 2.23. The first-order valence-electron chi connectivity index (χ1n) is 7.81. The first kappa shape index (κ1) is 15.3. The Hall–Kier alpha value is -2.59. The van der Waals surface area contributed by atoms with Gasteiger partial charge in [-0.25, -0.2) is 4.99 Å². The molecule has 4 heteroatoms. The second-order valence-corrected chi connectivity index (χ2v) is 5.63. The number of likely N-dealkylation sites (N-methyl/N-ethyl adjacent to an activating group) is 1. The minimum absolute atomic E-state index is 0.0392. The molecule has 4 nitrogen and oxygen atoms in total. The molecule has 4 N–H and O–H groups in total. The molecule has 0 radical (unpaired) electrons. The van der Waals surface area contributed by atoms with Crippen molar-refractivity contribution in [2.75, 3.05) is 13.7 Å². The largest absolute Gasteiger partial charge is 0.384 e. The maximum absolute atomic E-state index is 6.03. The molecule has 1 heterocycles. The molecule has 118 valence electrons. The Morgan fingerprint density at radius 3 is 2.43 bits per heavy atom. The van der Waals surface area contributed by atoms with Gasteiger partial charge in [0.15, 0.2) is 0 Å². The zero-order valence-corrected chi connectivity index (χ0v) is 13.3.